The molecule has 5 heteroatoms. The summed E-state index contributed by atoms with van der Waals surface area (Å²) in [6, 6.07) is 0. The molecule has 0 spiro atoms. The summed E-state index contributed by atoms with van der Waals surface area (Å²) in [5, 5.41) is 9.48. The van der Waals surface area contributed by atoms with Crippen LogP contribution in [-0.4, -0.2) is 36.4 Å². The number of esters is 2. The minimum atomic E-state index is -0.762. The Kier molecular flexibility index (Phi) is 26.7. The second-order valence-corrected chi connectivity index (χ2v) is 11.7. The molecule has 38 heavy (non-hydrogen) atoms. The van der Waals surface area contributed by atoms with E-state index in [2.05, 4.69) is 27.7 Å². The molecular weight excluding hydrogens is 476 g/mol. The highest BCUT2D eigenvalue weighted by molar-refractivity contribution is 5.70. The lowest BCUT2D eigenvalue weighted by Crippen LogP contribution is -2.28. The average Bonchev–Trinajstić information content (AvgIpc) is 2.92. The summed E-state index contributed by atoms with van der Waals surface area (Å²) in [5.41, 5.74) is 0. The summed E-state index contributed by atoms with van der Waals surface area (Å²) in [4.78, 5) is 24.0. The number of hydrogen-bond acceptors (Lipinski definition) is 5. The average molecular weight is 541 g/mol. The van der Waals surface area contributed by atoms with Crippen LogP contribution in [0, 0.1) is 11.8 Å². The van der Waals surface area contributed by atoms with Gasteiger partial charge in [-0.25, -0.2) is 0 Å². The number of aliphatic hydroxyl groups is 1. The maximum atomic E-state index is 12.1. The summed E-state index contributed by atoms with van der Waals surface area (Å²) < 4.78 is 10.5. The lowest BCUT2D eigenvalue weighted by Gasteiger charge is -2.15. The number of ether oxygens (including phenoxy) is 2. The Labute approximate surface area is 236 Å². The SMILES string of the molecule is CCC(C)CCCCCCCCCCCCC(=O)O[C@@H](CO)COC(=O)CCCCCCCCC(C)CC. The van der Waals surface area contributed by atoms with Gasteiger partial charge in [-0.1, -0.05) is 143 Å². The molecule has 5 nitrogen and oxygen atoms in total. The van der Waals surface area contributed by atoms with Crippen molar-refractivity contribution in [1.29, 1.82) is 0 Å². The van der Waals surface area contributed by atoms with Crippen LogP contribution in [0.15, 0.2) is 0 Å². The Bertz CT molecular complexity index is 535. The van der Waals surface area contributed by atoms with E-state index >= 15 is 0 Å². The first-order valence-electron chi connectivity index (χ1n) is 16.4. The van der Waals surface area contributed by atoms with Crippen LogP contribution in [0.4, 0.5) is 0 Å². The van der Waals surface area contributed by atoms with E-state index in [1.165, 1.54) is 89.9 Å². The third-order valence-electron chi connectivity index (χ3n) is 7.98. The lowest BCUT2D eigenvalue weighted by atomic mass is 9.99. The van der Waals surface area contributed by atoms with Crippen molar-refractivity contribution in [3.8, 4) is 0 Å². The van der Waals surface area contributed by atoms with Gasteiger partial charge < -0.3 is 14.6 Å². The molecule has 0 fully saturated rings. The minimum Gasteiger partial charge on any atom is -0.462 e. The molecule has 2 unspecified atom stereocenters. The Morgan fingerprint density at radius 1 is 0.579 bits per heavy atom. The fourth-order valence-electron chi connectivity index (χ4n) is 4.68. The molecule has 0 aromatic heterocycles. The lowest BCUT2D eigenvalue weighted by molar-refractivity contribution is -0.161. The predicted molar refractivity (Wildman–Crippen MR) is 159 cm³/mol. The summed E-state index contributed by atoms with van der Waals surface area (Å²) in [6.45, 7) is 8.80. The van der Waals surface area contributed by atoms with Crippen molar-refractivity contribution in [3.05, 3.63) is 0 Å². The predicted octanol–water partition coefficient (Wildman–Crippen LogP) is 9.33. The topological polar surface area (TPSA) is 72.8 Å². The second kappa shape index (κ2) is 27.5. The van der Waals surface area contributed by atoms with E-state index in [-0.39, 0.29) is 25.2 Å². The highest BCUT2D eigenvalue weighted by Gasteiger charge is 2.16. The van der Waals surface area contributed by atoms with Crippen LogP contribution in [0.5, 0.6) is 0 Å². The summed E-state index contributed by atoms with van der Waals surface area (Å²) in [7, 11) is 0. The maximum absolute atomic E-state index is 12.1. The Morgan fingerprint density at radius 2 is 0.947 bits per heavy atom. The molecule has 0 aliphatic rings. The Hall–Kier alpha value is -1.10. The molecular formula is C33H64O5. The number of aliphatic hydroxyl groups excluding tert-OH is 1. The number of rotatable bonds is 28. The molecule has 0 saturated heterocycles. The van der Waals surface area contributed by atoms with E-state index in [1.54, 1.807) is 0 Å². The van der Waals surface area contributed by atoms with Crippen LogP contribution in [-0.2, 0) is 19.1 Å². The van der Waals surface area contributed by atoms with Gasteiger partial charge in [-0.05, 0) is 24.7 Å². The molecule has 0 rings (SSSR count). The quantitative estimate of drug-likeness (QED) is 0.0790. The maximum Gasteiger partial charge on any atom is 0.306 e. The zero-order valence-electron chi connectivity index (χ0n) is 25.8. The molecule has 1 N–H and O–H groups in total. The van der Waals surface area contributed by atoms with Crippen molar-refractivity contribution in [2.45, 2.75) is 175 Å². The first-order valence-corrected chi connectivity index (χ1v) is 16.4. The van der Waals surface area contributed by atoms with Gasteiger partial charge >= 0.3 is 11.9 Å². The molecule has 0 bridgehead atoms. The van der Waals surface area contributed by atoms with E-state index in [0.717, 1.165) is 50.4 Å². The van der Waals surface area contributed by atoms with Gasteiger partial charge in [0.05, 0.1) is 6.61 Å². The molecule has 0 amide bonds. The van der Waals surface area contributed by atoms with Crippen molar-refractivity contribution in [2.75, 3.05) is 13.2 Å². The summed E-state index contributed by atoms with van der Waals surface area (Å²) in [5.74, 6) is 1.12. The zero-order chi connectivity index (χ0) is 28.3. The fraction of sp³-hybridized carbons (Fsp3) is 0.939. The van der Waals surface area contributed by atoms with E-state index in [0.29, 0.717) is 12.8 Å². The molecule has 0 heterocycles. The van der Waals surface area contributed by atoms with Crippen LogP contribution in [0.2, 0.25) is 0 Å². The highest BCUT2D eigenvalue weighted by Crippen LogP contribution is 2.16. The van der Waals surface area contributed by atoms with E-state index in [1.807, 2.05) is 0 Å². The molecule has 0 aromatic rings. The normalized spacial score (nSPS) is 13.7. The standard InChI is InChI=1S/C33H64O5/c1-5-29(3)23-19-15-11-9-7-8-10-12-18-22-26-33(36)38-31(27-34)28-37-32(35)25-21-17-14-13-16-20-24-30(4)6-2/h29-31,34H,5-28H2,1-4H3/t29?,30?,31-/m0/s1. The summed E-state index contributed by atoms with van der Waals surface area (Å²) >= 11 is 0. The largest absolute Gasteiger partial charge is 0.462 e. The first-order chi connectivity index (χ1) is 18.4. The van der Waals surface area contributed by atoms with Crippen LogP contribution >= 0.6 is 0 Å². The molecule has 0 radical (unpaired) electrons. The molecule has 0 aliphatic heterocycles. The van der Waals surface area contributed by atoms with Gasteiger partial charge in [-0.2, -0.15) is 0 Å². The Morgan fingerprint density at radius 3 is 1.34 bits per heavy atom. The Balaban J connectivity index is 3.59. The van der Waals surface area contributed by atoms with Crippen molar-refractivity contribution in [3.63, 3.8) is 0 Å². The van der Waals surface area contributed by atoms with Crippen molar-refractivity contribution in [1.82, 2.24) is 0 Å². The van der Waals surface area contributed by atoms with E-state index < -0.39 is 6.10 Å². The van der Waals surface area contributed by atoms with Crippen LogP contribution < -0.4 is 0 Å². The van der Waals surface area contributed by atoms with Crippen molar-refractivity contribution < 1.29 is 24.2 Å². The number of carbonyl (C=O) groups is 2. The summed E-state index contributed by atoms with van der Waals surface area (Å²) in [6.07, 6.45) is 24.4. The molecule has 3 atom stereocenters. The van der Waals surface area contributed by atoms with E-state index in [4.69, 9.17) is 9.47 Å². The molecule has 0 aliphatic carbocycles. The third kappa shape index (κ3) is 25.2. The smallest absolute Gasteiger partial charge is 0.306 e. The van der Waals surface area contributed by atoms with Crippen molar-refractivity contribution in [2.24, 2.45) is 11.8 Å². The molecule has 0 aromatic carbocycles. The monoisotopic (exact) mass is 540 g/mol. The van der Waals surface area contributed by atoms with E-state index in [9.17, 15) is 14.7 Å². The van der Waals surface area contributed by atoms with Gasteiger partial charge in [-0.15, -0.1) is 0 Å². The van der Waals surface area contributed by atoms with Gasteiger partial charge in [0.1, 0.15) is 6.61 Å². The zero-order valence-corrected chi connectivity index (χ0v) is 25.8. The second-order valence-electron chi connectivity index (χ2n) is 11.7. The minimum absolute atomic E-state index is 0.0612. The van der Waals surface area contributed by atoms with Crippen LogP contribution in [0.3, 0.4) is 0 Å². The van der Waals surface area contributed by atoms with Crippen molar-refractivity contribution >= 4 is 11.9 Å². The van der Waals surface area contributed by atoms with Gasteiger partial charge in [0, 0.05) is 12.8 Å². The van der Waals surface area contributed by atoms with Gasteiger partial charge in [0.15, 0.2) is 6.10 Å². The van der Waals surface area contributed by atoms with Crippen LogP contribution in [0.1, 0.15) is 169 Å². The van der Waals surface area contributed by atoms with Gasteiger partial charge in [-0.3, -0.25) is 9.59 Å². The molecule has 0 saturated carbocycles. The number of carbonyl (C=O) groups excluding carboxylic acids is 2. The first kappa shape index (κ1) is 36.9. The third-order valence-corrected chi connectivity index (χ3v) is 7.98. The van der Waals surface area contributed by atoms with Gasteiger partial charge in [0.25, 0.3) is 0 Å². The highest BCUT2D eigenvalue weighted by atomic mass is 16.6. The molecule has 226 valence electrons. The van der Waals surface area contributed by atoms with Gasteiger partial charge in [0.2, 0.25) is 0 Å². The number of hydrogen-bond donors (Lipinski definition) is 1. The van der Waals surface area contributed by atoms with Crippen LogP contribution in [0.25, 0.3) is 0 Å². The number of unbranched alkanes of at least 4 members (excludes halogenated alkanes) is 14. The fourth-order valence-corrected chi connectivity index (χ4v) is 4.68.